The van der Waals surface area contributed by atoms with Gasteiger partial charge in [-0.3, -0.25) is 9.59 Å². The lowest BCUT2D eigenvalue weighted by Crippen LogP contribution is -2.38. The van der Waals surface area contributed by atoms with Crippen LogP contribution in [0.2, 0.25) is 0 Å². The van der Waals surface area contributed by atoms with Gasteiger partial charge in [0.25, 0.3) is 0 Å². The van der Waals surface area contributed by atoms with Crippen molar-refractivity contribution in [1.82, 2.24) is 10.7 Å². The number of carbonyl (C=O) groups excluding carboxylic acids is 2. The number of hydrazone groups is 1. The highest BCUT2D eigenvalue weighted by molar-refractivity contribution is 9.10. The molecule has 2 N–H and O–H groups in total. The third-order valence-corrected chi connectivity index (χ3v) is 3.19. The van der Waals surface area contributed by atoms with Crippen LogP contribution in [-0.4, -0.2) is 45.4 Å². The Morgan fingerprint density at radius 3 is 2.73 bits per heavy atom. The molecule has 7 nitrogen and oxygen atoms in total. The van der Waals surface area contributed by atoms with Crippen LogP contribution in [0, 0.1) is 0 Å². The van der Waals surface area contributed by atoms with E-state index in [1.165, 1.54) is 6.21 Å². The van der Waals surface area contributed by atoms with E-state index in [-0.39, 0.29) is 0 Å². The van der Waals surface area contributed by atoms with E-state index < -0.39 is 11.8 Å². The molecule has 0 heterocycles. The molecular formula is C14H18BrN3O4. The summed E-state index contributed by atoms with van der Waals surface area (Å²) in [4.78, 5) is 22.9. The second-order valence-electron chi connectivity index (χ2n) is 4.20. The lowest BCUT2D eigenvalue weighted by molar-refractivity contribution is -0.139. The summed E-state index contributed by atoms with van der Waals surface area (Å²) in [6.07, 6.45) is 2.07. The first-order chi connectivity index (χ1) is 10.6. The van der Waals surface area contributed by atoms with Crippen molar-refractivity contribution in [3.63, 3.8) is 0 Å². The average Bonchev–Trinajstić information content (AvgIpc) is 2.51. The quantitative estimate of drug-likeness (QED) is 0.324. The van der Waals surface area contributed by atoms with Crippen molar-refractivity contribution in [1.29, 1.82) is 0 Å². The van der Waals surface area contributed by atoms with Crippen molar-refractivity contribution >= 4 is 34.0 Å². The third kappa shape index (κ3) is 6.23. The second-order valence-corrected chi connectivity index (χ2v) is 5.05. The first-order valence-electron chi connectivity index (χ1n) is 6.52. The summed E-state index contributed by atoms with van der Waals surface area (Å²) in [5, 5.41) is 6.19. The van der Waals surface area contributed by atoms with Gasteiger partial charge in [-0.25, -0.2) is 5.43 Å². The van der Waals surface area contributed by atoms with Crippen molar-refractivity contribution < 1.29 is 19.1 Å². The molecular weight excluding hydrogens is 354 g/mol. The van der Waals surface area contributed by atoms with E-state index in [1.807, 2.05) is 0 Å². The van der Waals surface area contributed by atoms with Crippen LogP contribution in [0.5, 0.6) is 5.75 Å². The largest absolute Gasteiger partial charge is 0.496 e. The summed E-state index contributed by atoms with van der Waals surface area (Å²) in [7, 11) is 3.14. The van der Waals surface area contributed by atoms with Gasteiger partial charge in [0, 0.05) is 20.3 Å². The van der Waals surface area contributed by atoms with Crippen LogP contribution in [0.15, 0.2) is 27.8 Å². The molecule has 8 heteroatoms. The van der Waals surface area contributed by atoms with Crippen LogP contribution in [0.4, 0.5) is 0 Å². The minimum Gasteiger partial charge on any atom is -0.496 e. The summed E-state index contributed by atoms with van der Waals surface area (Å²) in [6.45, 7) is 0.891. The zero-order valence-corrected chi connectivity index (χ0v) is 14.0. The van der Waals surface area contributed by atoms with Crippen molar-refractivity contribution in [3.05, 3.63) is 28.2 Å². The van der Waals surface area contributed by atoms with Gasteiger partial charge in [-0.2, -0.15) is 5.10 Å². The van der Waals surface area contributed by atoms with Gasteiger partial charge in [0.2, 0.25) is 0 Å². The zero-order valence-electron chi connectivity index (χ0n) is 12.4. The van der Waals surface area contributed by atoms with Crippen molar-refractivity contribution in [2.24, 2.45) is 5.10 Å². The lowest BCUT2D eigenvalue weighted by Gasteiger charge is -2.04. The molecule has 22 heavy (non-hydrogen) atoms. The van der Waals surface area contributed by atoms with Gasteiger partial charge in [0.1, 0.15) is 5.75 Å². The number of nitrogens with zero attached hydrogens (tertiary/aromatic N) is 1. The van der Waals surface area contributed by atoms with Crippen molar-refractivity contribution in [2.75, 3.05) is 27.4 Å². The van der Waals surface area contributed by atoms with E-state index >= 15 is 0 Å². The van der Waals surface area contributed by atoms with Gasteiger partial charge in [0.05, 0.1) is 17.8 Å². The molecule has 1 aromatic carbocycles. The highest BCUT2D eigenvalue weighted by Gasteiger charge is 2.11. The number of rotatable bonds is 7. The van der Waals surface area contributed by atoms with Crippen LogP contribution < -0.4 is 15.5 Å². The van der Waals surface area contributed by atoms with Gasteiger partial charge >= 0.3 is 11.8 Å². The molecule has 0 aliphatic rings. The van der Waals surface area contributed by atoms with Crippen LogP contribution in [0.25, 0.3) is 0 Å². The number of halogens is 1. The average molecular weight is 372 g/mol. The number of methoxy groups -OCH3 is 2. The predicted octanol–water partition coefficient (Wildman–Crippen LogP) is 1.06. The summed E-state index contributed by atoms with van der Waals surface area (Å²) in [6, 6.07) is 5.30. The smallest absolute Gasteiger partial charge is 0.329 e. The summed E-state index contributed by atoms with van der Waals surface area (Å²) in [5.41, 5.74) is 2.90. The number of amides is 2. The lowest BCUT2D eigenvalue weighted by atomic mass is 10.2. The van der Waals surface area contributed by atoms with Gasteiger partial charge in [-0.05, 0) is 46.1 Å². The molecule has 1 aromatic rings. The van der Waals surface area contributed by atoms with E-state index in [4.69, 9.17) is 9.47 Å². The molecule has 0 unspecified atom stereocenters. The Kier molecular flexibility index (Phi) is 8.16. The summed E-state index contributed by atoms with van der Waals surface area (Å²) >= 11 is 3.34. The van der Waals surface area contributed by atoms with Gasteiger partial charge in [-0.15, -0.1) is 0 Å². The highest BCUT2D eigenvalue weighted by atomic mass is 79.9. The van der Waals surface area contributed by atoms with Crippen LogP contribution >= 0.6 is 15.9 Å². The Labute approximate surface area is 137 Å². The monoisotopic (exact) mass is 371 g/mol. The van der Waals surface area contributed by atoms with Gasteiger partial charge < -0.3 is 14.8 Å². The molecule has 0 fully saturated rings. The number of hydrogen-bond acceptors (Lipinski definition) is 5. The molecule has 0 saturated heterocycles. The predicted molar refractivity (Wildman–Crippen MR) is 85.9 cm³/mol. The Bertz CT molecular complexity index is 549. The second kappa shape index (κ2) is 9.91. The number of benzene rings is 1. The van der Waals surface area contributed by atoms with E-state index in [0.717, 1.165) is 10.0 Å². The topological polar surface area (TPSA) is 89.0 Å². The molecule has 0 aliphatic carbocycles. The number of carbonyl (C=O) groups is 2. The first-order valence-corrected chi connectivity index (χ1v) is 7.31. The van der Waals surface area contributed by atoms with E-state index in [9.17, 15) is 9.59 Å². The Hall–Kier alpha value is -1.93. The molecule has 2 amide bonds. The Morgan fingerprint density at radius 2 is 2.09 bits per heavy atom. The molecule has 120 valence electrons. The molecule has 0 radical (unpaired) electrons. The zero-order chi connectivity index (χ0) is 16.4. The maximum atomic E-state index is 11.5. The molecule has 1 rings (SSSR count). The maximum Gasteiger partial charge on any atom is 0.329 e. The molecule has 0 aliphatic heterocycles. The van der Waals surface area contributed by atoms with Crippen molar-refractivity contribution in [3.8, 4) is 5.75 Å². The van der Waals surface area contributed by atoms with E-state index in [0.29, 0.717) is 25.3 Å². The van der Waals surface area contributed by atoms with Crippen LogP contribution in [-0.2, 0) is 14.3 Å². The Balaban J connectivity index is 2.42. The molecule has 0 saturated carbocycles. The molecule has 0 atom stereocenters. The van der Waals surface area contributed by atoms with Crippen LogP contribution in [0.1, 0.15) is 12.0 Å². The number of hydrogen-bond donors (Lipinski definition) is 2. The first kappa shape index (κ1) is 18.1. The van der Waals surface area contributed by atoms with Crippen LogP contribution in [0.3, 0.4) is 0 Å². The minimum atomic E-state index is -0.818. The molecule has 0 spiro atoms. The van der Waals surface area contributed by atoms with E-state index in [2.05, 4.69) is 31.8 Å². The summed E-state index contributed by atoms with van der Waals surface area (Å²) in [5.74, 6) is -0.859. The fourth-order valence-electron chi connectivity index (χ4n) is 1.48. The van der Waals surface area contributed by atoms with Gasteiger partial charge in [-0.1, -0.05) is 0 Å². The number of nitrogens with one attached hydrogen (secondary N) is 2. The van der Waals surface area contributed by atoms with E-state index in [1.54, 1.807) is 32.4 Å². The normalized spacial score (nSPS) is 10.5. The summed E-state index contributed by atoms with van der Waals surface area (Å²) < 4.78 is 10.7. The maximum absolute atomic E-state index is 11.5. The third-order valence-electron chi connectivity index (χ3n) is 2.57. The SMILES string of the molecule is COCCCNC(=O)C(=O)N/N=C\c1ccc(OC)c(Br)c1. The Morgan fingerprint density at radius 1 is 1.32 bits per heavy atom. The number of ether oxygens (including phenoxy) is 2. The minimum absolute atomic E-state index is 0.370. The fraction of sp³-hybridized carbons (Fsp3) is 0.357. The molecule has 0 aromatic heterocycles. The van der Waals surface area contributed by atoms with Crippen molar-refractivity contribution in [2.45, 2.75) is 6.42 Å². The fourth-order valence-corrected chi connectivity index (χ4v) is 2.04. The highest BCUT2D eigenvalue weighted by Crippen LogP contribution is 2.24. The standard InChI is InChI=1S/C14H18BrN3O4/c1-21-7-3-6-16-13(19)14(20)18-17-9-10-4-5-12(22-2)11(15)8-10/h4-5,8-9H,3,6-7H2,1-2H3,(H,16,19)(H,18,20)/b17-9-. The molecule has 0 bridgehead atoms. The van der Waals surface area contributed by atoms with Gasteiger partial charge in [0.15, 0.2) is 0 Å².